The zero-order valence-electron chi connectivity index (χ0n) is 39.1. The first kappa shape index (κ1) is 41.8. The second kappa shape index (κ2) is 16.5. The smallest absolute Gasteiger partial charge is 0.136 e. The first-order valence-electron chi connectivity index (χ1n) is 23.4. The number of nitrogens with zero attached hydrogens (tertiary/aromatic N) is 2. The van der Waals surface area contributed by atoms with E-state index in [4.69, 9.17) is 4.42 Å². The number of fused-ring (bicyclic) bond motifs is 5. The summed E-state index contributed by atoms with van der Waals surface area (Å²) < 4.78 is 6.82. The lowest BCUT2D eigenvalue weighted by molar-refractivity contribution is 0.590. The Morgan fingerprint density at radius 3 is 1.06 bits per heavy atom. The molecule has 326 valence electrons. The number of anilines is 6. The molecular weight excluding hydrogens is 813 g/mol. The van der Waals surface area contributed by atoms with Gasteiger partial charge in [-0.05, 0) is 152 Å². The van der Waals surface area contributed by atoms with Gasteiger partial charge >= 0.3 is 0 Å². The lowest BCUT2D eigenvalue weighted by atomic mass is 9.84. The van der Waals surface area contributed by atoms with Crippen LogP contribution in [-0.2, 0) is 10.8 Å². The maximum Gasteiger partial charge on any atom is 0.136 e. The van der Waals surface area contributed by atoms with Gasteiger partial charge in [0, 0.05) is 44.6 Å². The Balaban J connectivity index is 1.03. The number of hydrogen-bond acceptors (Lipinski definition) is 3. The third kappa shape index (κ3) is 7.91. The highest BCUT2D eigenvalue weighted by Gasteiger charge is 2.24. The topological polar surface area (TPSA) is 19.6 Å². The van der Waals surface area contributed by atoms with Gasteiger partial charge < -0.3 is 14.2 Å². The molecule has 0 fully saturated rings. The minimum Gasteiger partial charge on any atom is -0.456 e. The number of hydrogen-bond donors (Lipinski definition) is 0. The molecule has 0 spiro atoms. The van der Waals surface area contributed by atoms with Crippen LogP contribution in [-0.4, -0.2) is 0 Å². The van der Waals surface area contributed by atoms with Crippen molar-refractivity contribution in [2.45, 2.75) is 52.4 Å². The molecular formula is C64H54N2O. The molecule has 3 nitrogen and oxygen atoms in total. The summed E-state index contributed by atoms with van der Waals surface area (Å²) in [5, 5.41) is 6.80. The molecule has 0 aliphatic heterocycles. The van der Waals surface area contributed by atoms with E-state index < -0.39 is 0 Å². The zero-order chi connectivity index (χ0) is 45.9. The van der Waals surface area contributed by atoms with Gasteiger partial charge in [-0.25, -0.2) is 0 Å². The van der Waals surface area contributed by atoms with Crippen molar-refractivity contribution in [2.75, 3.05) is 9.80 Å². The number of benzene rings is 10. The van der Waals surface area contributed by atoms with Crippen LogP contribution < -0.4 is 9.80 Å². The molecule has 0 amide bonds. The van der Waals surface area contributed by atoms with Crippen LogP contribution in [0.1, 0.15) is 52.7 Å². The predicted octanol–water partition coefficient (Wildman–Crippen LogP) is 18.8. The first-order chi connectivity index (χ1) is 32.5. The highest BCUT2D eigenvalue weighted by molar-refractivity contribution is 6.14. The summed E-state index contributed by atoms with van der Waals surface area (Å²) in [5.41, 5.74) is 15.7. The van der Waals surface area contributed by atoms with Gasteiger partial charge in [0.15, 0.2) is 0 Å². The number of rotatable bonds is 8. The van der Waals surface area contributed by atoms with Crippen LogP contribution in [0.2, 0.25) is 0 Å². The molecule has 0 aliphatic rings. The predicted molar refractivity (Wildman–Crippen MR) is 286 cm³/mol. The van der Waals surface area contributed by atoms with Crippen molar-refractivity contribution in [2.24, 2.45) is 0 Å². The highest BCUT2D eigenvalue weighted by atomic mass is 16.3. The SMILES string of the molecule is CC(C)(C)c1ccc(N(c2ccccc2)c2ccc3cc4c(cc3c2)oc2cc3cc(N(c5ccccc5)c5ccc(C(C)(C)C)cc5-c5ccccc5)ccc3cc24)c(-c2ccccc2)c1. The summed E-state index contributed by atoms with van der Waals surface area (Å²) in [4.78, 5) is 4.78. The van der Waals surface area contributed by atoms with Crippen LogP contribution in [0.4, 0.5) is 34.1 Å². The summed E-state index contributed by atoms with van der Waals surface area (Å²) in [5.74, 6) is 0. The highest BCUT2D eigenvalue weighted by Crippen LogP contribution is 2.46. The lowest BCUT2D eigenvalue weighted by Crippen LogP contribution is -2.14. The quantitative estimate of drug-likeness (QED) is 0.152. The molecule has 0 saturated carbocycles. The third-order valence-electron chi connectivity index (χ3n) is 13.3. The normalized spacial score (nSPS) is 12.0. The van der Waals surface area contributed by atoms with Gasteiger partial charge in [-0.3, -0.25) is 0 Å². The molecule has 0 radical (unpaired) electrons. The van der Waals surface area contributed by atoms with Gasteiger partial charge in [-0.15, -0.1) is 0 Å². The fourth-order valence-corrected chi connectivity index (χ4v) is 9.62. The Labute approximate surface area is 394 Å². The molecule has 0 atom stereocenters. The Kier molecular flexibility index (Phi) is 10.3. The molecule has 0 N–H and O–H groups in total. The third-order valence-corrected chi connectivity index (χ3v) is 13.3. The van der Waals surface area contributed by atoms with Gasteiger partial charge in [-0.2, -0.15) is 0 Å². The van der Waals surface area contributed by atoms with E-state index in [0.717, 1.165) is 66.8 Å². The first-order valence-corrected chi connectivity index (χ1v) is 23.4. The van der Waals surface area contributed by atoms with Gasteiger partial charge in [0.25, 0.3) is 0 Å². The van der Waals surface area contributed by atoms with Crippen molar-refractivity contribution in [3.05, 3.63) is 230 Å². The summed E-state index contributed by atoms with van der Waals surface area (Å²) in [7, 11) is 0. The molecule has 1 heterocycles. The van der Waals surface area contributed by atoms with Crippen LogP contribution in [0.5, 0.6) is 0 Å². The fraction of sp³-hybridized carbons (Fsp3) is 0.125. The summed E-state index contributed by atoms with van der Waals surface area (Å²) in [6, 6.07) is 79.5. The molecule has 67 heavy (non-hydrogen) atoms. The molecule has 0 bridgehead atoms. The van der Waals surface area contributed by atoms with Crippen molar-refractivity contribution in [3.8, 4) is 22.3 Å². The summed E-state index contributed by atoms with van der Waals surface area (Å²) >= 11 is 0. The number of para-hydroxylation sites is 2. The minimum absolute atomic E-state index is 0.00268. The Hall–Kier alpha value is -7.88. The molecule has 11 rings (SSSR count). The molecule has 10 aromatic carbocycles. The number of furan rings is 1. The fourth-order valence-electron chi connectivity index (χ4n) is 9.62. The monoisotopic (exact) mass is 866 g/mol. The zero-order valence-corrected chi connectivity index (χ0v) is 39.1. The van der Waals surface area contributed by atoms with Gasteiger partial charge in [0.2, 0.25) is 0 Å². The molecule has 0 saturated heterocycles. The van der Waals surface area contributed by atoms with E-state index in [1.54, 1.807) is 0 Å². The van der Waals surface area contributed by atoms with E-state index in [1.807, 2.05) is 0 Å². The van der Waals surface area contributed by atoms with Gasteiger partial charge in [0.05, 0.1) is 11.4 Å². The largest absolute Gasteiger partial charge is 0.456 e. The second-order valence-corrected chi connectivity index (χ2v) is 19.9. The molecule has 3 heteroatoms. The second-order valence-electron chi connectivity index (χ2n) is 19.9. The Morgan fingerprint density at radius 2 is 0.687 bits per heavy atom. The maximum absolute atomic E-state index is 6.82. The van der Waals surface area contributed by atoms with Crippen LogP contribution in [0.15, 0.2) is 223 Å². The van der Waals surface area contributed by atoms with Crippen LogP contribution in [0.3, 0.4) is 0 Å². The van der Waals surface area contributed by atoms with Crippen molar-refractivity contribution in [1.29, 1.82) is 0 Å². The van der Waals surface area contributed by atoms with E-state index in [9.17, 15) is 0 Å². The van der Waals surface area contributed by atoms with Crippen molar-refractivity contribution in [3.63, 3.8) is 0 Å². The lowest BCUT2D eigenvalue weighted by Gasteiger charge is -2.30. The average Bonchev–Trinajstić information content (AvgIpc) is 3.69. The molecule has 1 aromatic heterocycles. The van der Waals surface area contributed by atoms with Crippen molar-refractivity contribution in [1.82, 2.24) is 0 Å². The summed E-state index contributed by atoms with van der Waals surface area (Å²) in [6.45, 7) is 13.7. The van der Waals surface area contributed by atoms with Crippen LogP contribution in [0.25, 0.3) is 65.7 Å². The van der Waals surface area contributed by atoms with Gasteiger partial charge in [0.1, 0.15) is 11.2 Å². The van der Waals surface area contributed by atoms with E-state index >= 15 is 0 Å². The van der Waals surface area contributed by atoms with Crippen LogP contribution >= 0.6 is 0 Å². The molecule has 11 aromatic rings. The van der Waals surface area contributed by atoms with E-state index in [0.29, 0.717) is 0 Å². The van der Waals surface area contributed by atoms with Crippen molar-refractivity contribution < 1.29 is 4.42 Å². The average molecular weight is 867 g/mol. The molecule has 0 unspecified atom stereocenters. The van der Waals surface area contributed by atoms with E-state index in [-0.39, 0.29) is 10.8 Å². The van der Waals surface area contributed by atoms with E-state index in [2.05, 4.69) is 270 Å². The summed E-state index contributed by atoms with van der Waals surface area (Å²) in [6.07, 6.45) is 0. The van der Waals surface area contributed by atoms with E-state index in [1.165, 1.54) is 44.2 Å². The van der Waals surface area contributed by atoms with Crippen molar-refractivity contribution >= 4 is 77.6 Å². The standard InChI is InChI=1S/C64H54N2O/c1-63(2,3)49-29-33-59(55(41-49)43-19-11-7-12-20-43)65(51-23-15-9-16-24-51)53-31-27-45-37-57-58-38-46-28-32-54(36-48(46)40-62(58)67-61(57)39-47(45)35-53)66(52-25-17-10-18-26-52)60-34-30-50(64(4,5)6)42-56(60)44-21-13-8-14-22-44/h7-42H,1-6H3. The Bertz CT molecular complexity index is 3340. The maximum atomic E-state index is 6.82. The van der Waals surface area contributed by atoms with Crippen LogP contribution in [0, 0.1) is 0 Å². The Morgan fingerprint density at radius 1 is 0.313 bits per heavy atom. The molecule has 0 aliphatic carbocycles. The minimum atomic E-state index is 0.00268. The van der Waals surface area contributed by atoms with Gasteiger partial charge in [-0.1, -0.05) is 163 Å².